The summed E-state index contributed by atoms with van der Waals surface area (Å²) >= 11 is 0. The van der Waals surface area contributed by atoms with Gasteiger partial charge in [0, 0.05) is 51.1 Å². The van der Waals surface area contributed by atoms with Gasteiger partial charge >= 0.3 is 0 Å². The molecule has 0 heterocycles. The van der Waals surface area contributed by atoms with E-state index >= 15 is 0 Å². The number of nitro benzene ring substituents is 1. The van der Waals surface area contributed by atoms with Gasteiger partial charge in [0.1, 0.15) is 0 Å². The summed E-state index contributed by atoms with van der Waals surface area (Å²) in [4.78, 5) is 23.9. The van der Waals surface area contributed by atoms with Crippen molar-refractivity contribution >= 4 is 27.2 Å². The molecule has 0 aliphatic carbocycles. The molecule has 9 heteroatoms. The van der Waals surface area contributed by atoms with Crippen LogP contribution in [-0.4, -0.2) is 45.2 Å². The first-order valence-electron chi connectivity index (χ1n) is 7.85. The number of nitrogens with zero attached hydrogens (tertiary/aromatic N) is 3. The fraction of sp³-hybridized carbons (Fsp3) is 0.167. The second-order valence-corrected chi connectivity index (χ2v) is 7.89. The maximum absolute atomic E-state index is 12.8. The zero-order chi connectivity index (χ0) is 20.2. The number of sulfonamides is 1. The summed E-state index contributed by atoms with van der Waals surface area (Å²) in [7, 11) is 0.993. The topological polar surface area (TPSA) is 101 Å². The minimum atomic E-state index is -3.93. The van der Waals surface area contributed by atoms with E-state index in [1.54, 1.807) is 43.4 Å². The third-order valence-electron chi connectivity index (χ3n) is 3.72. The van der Waals surface area contributed by atoms with E-state index in [0.29, 0.717) is 11.3 Å². The molecule has 0 spiro atoms. The summed E-state index contributed by atoms with van der Waals surface area (Å²) in [5.41, 5.74) is 0.450. The van der Waals surface area contributed by atoms with Gasteiger partial charge in [-0.05, 0) is 24.3 Å². The van der Waals surface area contributed by atoms with Gasteiger partial charge in [0.2, 0.25) is 0 Å². The van der Waals surface area contributed by atoms with Crippen molar-refractivity contribution in [1.82, 2.24) is 4.90 Å². The Kier molecular flexibility index (Phi) is 5.96. The fourth-order valence-corrected chi connectivity index (χ4v) is 3.39. The van der Waals surface area contributed by atoms with Gasteiger partial charge in [0.25, 0.3) is 15.7 Å². The van der Waals surface area contributed by atoms with Crippen LogP contribution in [0.15, 0.2) is 65.7 Å². The quantitative estimate of drug-likeness (QED) is 0.312. The van der Waals surface area contributed by atoms with Gasteiger partial charge < -0.3 is 4.90 Å². The maximum atomic E-state index is 12.8. The van der Waals surface area contributed by atoms with E-state index in [4.69, 9.17) is 0 Å². The molecule has 0 fully saturated rings. The monoisotopic (exact) mass is 389 g/mol. The highest BCUT2D eigenvalue weighted by Crippen LogP contribution is 2.24. The number of ketones is 1. The molecule has 0 saturated heterocycles. The molecule has 0 atom stereocenters. The van der Waals surface area contributed by atoms with Crippen molar-refractivity contribution in [3.05, 3.63) is 76.5 Å². The van der Waals surface area contributed by atoms with Crippen LogP contribution in [0.1, 0.15) is 10.4 Å². The van der Waals surface area contributed by atoms with Gasteiger partial charge in [-0.3, -0.25) is 19.2 Å². The minimum Gasteiger partial charge on any atom is -0.383 e. The molecule has 0 bridgehead atoms. The Morgan fingerprint density at radius 1 is 1.07 bits per heavy atom. The van der Waals surface area contributed by atoms with Crippen LogP contribution >= 0.6 is 0 Å². The van der Waals surface area contributed by atoms with Crippen molar-refractivity contribution in [2.75, 3.05) is 25.4 Å². The van der Waals surface area contributed by atoms with Gasteiger partial charge in [-0.15, -0.1) is 0 Å². The zero-order valence-corrected chi connectivity index (χ0v) is 15.9. The summed E-state index contributed by atoms with van der Waals surface area (Å²) in [6.45, 7) is 0. The molecule has 0 aromatic heterocycles. The molecule has 0 saturated carbocycles. The Morgan fingerprint density at radius 3 is 2.26 bits per heavy atom. The first-order chi connectivity index (χ1) is 12.6. The molecule has 142 valence electrons. The molecule has 2 rings (SSSR count). The van der Waals surface area contributed by atoms with E-state index < -0.39 is 14.9 Å². The van der Waals surface area contributed by atoms with Crippen molar-refractivity contribution in [2.45, 2.75) is 4.90 Å². The predicted molar refractivity (Wildman–Crippen MR) is 102 cm³/mol. The highest BCUT2D eigenvalue weighted by Gasteiger charge is 2.22. The zero-order valence-electron chi connectivity index (χ0n) is 15.1. The number of hydrogen-bond acceptors (Lipinski definition) is 6. The van der Waals surface area contributed by atoms with Gasteiger partial charge in [0.15, 0.2) is 5.78 Å². The number of hydrogen-bond donors (Lipinski definition) is 0. The largest absolute Gasteiger partial charge is 0.383 e. The van der Waals surface area contributed by atoms with Crippen LogP contribution in [0.25, 0.3) is 0 Å². The SMILES string of the molecule is CN(C)/C=C/C(=O)c1cccc(N(C)S(=O)(=O)c2ccc([N+](=O)[O-])cc2)c1. The standard InChI is InChI=1S/C18H19N3O5S/c1-19(2)12-11-18(22)14-5-4-6-16(13-14)20(3)27(25,26)17-9-7-15(8-10-17)21(23)24/h4-13H,1-3H3/b12-11+. The van der Waals surface area contributed by atoms with Gasteiger partial charge in [-0.1, -0.05) is 12.1 Å². The van der Waals surface area contributed by atoms with E-state index in [0.717, 1.165) is 16.4 Å². The van der Waals surface area contributed by atoms with Crippen molar-refractivity contribution in [2.24, 2.45) is 0 Å². The second-order valence-electron chi connectivity index (χ2n) is 5.92. The molecule has 8 nitrogen and oxygen atoms in total. The molecule has 0 aliphatic rings. The van der Waals surface area contributed by atoms with E-state index in [-0.39, 0.29) is 16.4 Å². The summed E-state index contributed by atoms with van der Waals surface area (Å²) in [6.07, 6.45) is 3.00. The Labute approximate surface area is 157 Å². The molecule has 2 aromatic rings. The lowest BCUT2D eigenvalue weighted by molar-refractivity contribution is -0.384. The number of carbonyl (C=O) groups is 1. The van der Waals surface area contributed by atoms with Crippen molar-refractivity contribution in [3.8, 4) is 0 Å². The highest BCUT2D eigenvalue weighted by molar-refractivity contribution is 7.92. The molecule has 0 N–H and O–H groups in total. The first-order valence-corrected chi connectivity index (χ1v) is 9.29. The molecule has 0 radical (unpaired) electrons. The fourth-order valence-electron chi connectivity index (χ4n) is 2.20. The number of rotatable bonds is 7. The number of nitro groups is 1. The average Bonchev–Trinajstić information content (AvgIpc) is 2.65. The van der Waals surface area contributed by atoms with Gasteiger partial charge in [0.05, 0.1) is 15.5 Å². The molecular weight excluding hydrogens is 370 g/mol. The van der Waals surface area contributed by atoms with Gasteiger partial charge in [-0.25, -0.2) is 8.42 Å². The molecular formula is C18H19N3O5S. The van der Waals surface area contributed by atoms with Crippen molar-refractivity contribution in [1.29, 1.82) is 0 Å². The van der Waals surface area contributed by atoms with Crippen LogP contribution in [0.4, 0.5) is 11.4 Å². The summed E-state index contributed by atoms with van der Waals surface area (Å²) in [6, 6.07) is 10.9. The Bertz CT molecular complexity index is 982. The molecule has 0 amide bonds. The van der Waals surface area contributed by atoms with E-state index in [1.165, 1.54) is 31.3 Å². The average molecular weight is 389 g/mol. The normalized spacial score (nSPS) is 11.4. The molecule has 0 aliphatic heterocycles. The minimum absolute atomic E-state index is 0.0835. The van der Waals surface area contributed by atoms with E-state index in [9.17, 15) is 23.3 Å². The van der Waals surface area contributed by atoms with Crippen LogP contribution in [-0.2, 0) is 10.0 Å². The number of benzene rings is 2. The molecule has 0 unspecified atom stereocenters. The highest BCUT2D eigenvalue weighted by atomic mass is 32.2. The summed E-state index contributed by atoms with van der Waals surface area (Å²) in [5.74, 6) is -0.258. The van der Waals surface area contributed by atoms with E-state index in [1.807, 2.05) is 0 Å². The number of carbonyl (C=O) groups excluding carboxylic acids is 1. The Hall–Kier alpha value is -3.20. The van der Waals surface area contributed by atoms with Crippen LogP contribution < -0.4 is 4.31 Å². The predicted octanol–water partition coefficient (Wildman–Crippen LogP) is 2.68. The van der Waals surface area contributed by atoms with Crippen molar-refractivity contribution < 1.29 is 18.1 Å². The number of allylic oxidation sites excluding steroid dienone is 1. The van der Waals surface area contributed by atoms with Crippen LogP contribution in [0.3, 0.4) is 0 Å². The lowest BCUT2D eigenvalue weighted by atomic mass is 10.1. The molecule has 2 aromatic carbocycles. The van der Waals surface area contributed by atoms with Crippen LogP contribution in [0.2, 0.25) is 0 Å². The smallest absolute Gasteiger partial charge is 0.269 e. The first kappa shape index (κ1) is 20.1. The summed E-state index contributed by atoms with van der Waals surface area (Å²) in [5, 5.41) is 10.7. The number of non-ortho nitro benzene ring substituents is 1. The van der Waals surface area contributed by atoms with Gasteiger partial charge in [-0.2, -0.15) is 0 Å². The lowest BCUT2D eigenvalue weighted by Crippen LogP contribution is -2.26. The Balaban J connectivity index is 2.33. The van der Waals surface area contributed by atoms with E-state index in [2.05, 4.69) is 0 Å². The van der Waals surface area contributed by atoms with Crippen molar-refractivity contribution in [3.63, 3.8) is 0 Å². The maximum Gasteiger partial charge on any atom is 0.269 e. The van der Waals surface area contributed by atoms with Crippen LogP contribution in [0, 0.1) is 10.1 Å². The molecule has 27 heavy (non-hydrogen) atoms. The summed E-state index contributed by atoms with van der Waals surface area (Å²) < 4.78 is 26.5. The Morgan fingerprint density at radius 2 is 1.70 bits per heavy atom. The second kappa shape index (κ2) is 8.00. The third-order valence-corrected chi connectivity index (χ3v) is 5.52. The lowest BCUT2D eigenvalue weighted by Gasteiger charge is -2.20. The third kappa shape index (κ3) is 4.70. The number of anilines is 1. The van der Waals surface area contributed by atoms with Crippen LogP contribution in [0.5, 0.6) is 0 Å².